The number of hydrogen-bond donors (Lipinski definition) is 1. The molecule has 1 aliphatic heterocycles. The highest BCUT2D eigenvalue weighted by molar-refractivity contribution is 5.88. The van der Waals surface area contributed by atoms with E-state index in [9.17, 15) is 4.79 Å². The quantitative estimate of drug-likeness (QED) is 0.947. The Bertz CT molecular complexity index is 673. The molecule has 122 valence electrons. The van der Waals surface area contributed by atoms with Crippen molar-refractivity contribution in [2.75, 3.05) is 18.4 Å². The Balaban J connectivity index is 1.55. The van der Waals surface area contributed by atoms with E-state index in [1.165, 1.54) is 5.56 Å². The third kappa shape index (κ3) is 3.70. The van der Waals surface area contributed by atoms with Gasteiger partial charge in [-0.15, -0.1) is 0 Å². The molecule has 0 spiro atoms. The summed E-state index contributed by atoms with van der Waals surface area (Å²) in [5.74, 6) is 1.11. The van der Waals surface area contributed by atoms with Gasteiger partial charge in [-0.25, -0.2) is 9.78 Å². The Morgan fingerprint density at radius 3 is 2.78 bits per heavy atom. The maximum atomic E-state index is 12.3. The molecule has 0 bridgehead atoms. The Labute approximate surface area is 136 Å². The van der Waals surface area contributed by atoms with Crippen molar-refractivity contribution in [3.8, 4) is 0 Å². The zero-order valence-corrected chi connectivity index (χ0v) is 13.7. The lowest BCUT2D eigenvalue weighted by atomic mass is 9.92. The van der Waals surface area contributed by atoms with Crippen LogP contribution in [0.4, 0.5) is 10.6 Å². The number of hydrogen-bond acceptors (Lipinski definition) is 3. The summed E-state index contributed by atoms with van der Waals surface area (Å²) in [7, 11) is 0. The zero-order chi connectivity index (χ0) is 16.2. The van der Waals surface area contributed by atoms with E-state index in [0.29, 0.717) is 11.7 Å². The summed E-state index contributed by atoms with van der Waals surface area (Å²) in [5.41, 5.74) is 2.18. The fourth-order valence-electron chi connectivity index (χ4n) is 2.98. The normalized spacial score (nSPS) is 15.7. The summed E-state index contributed by atoms with van der Waals surface area (Å²) in [6, 6.07) is 5.56. The van der Waals surface area contributed by atoms with Gasteiger partial charge in [0, 0.05) is 31.5 Å². The SMILES string of the molecule is CCn1cc(C2CCN(C(=O)Nc3cccc(C)n3)CC2)cn1. The number of carbonyl (C=O) groups excluding carboxylic acids is 1. The lowest BCUT2D eigenvalue weighted by Gasteiger charge is -2.31. The summed E-state index contributed by atoms with van der Waals surface area (Å²) in [6.45, 7) is 6.42. The molecule has 1 N–H and O–H groups in total. The first-order valence-corrected chi connectivity index (χ1v) is 8.17. The van der Waals surface area contributed by atoms with E-state index in [0.717, 1.165) is 38.2 Å². The molecule has 0 unspecified atom stereocenters. The lowest BCUT2D eigenvalue weighted by molar-refractivity contribution is 0.194. The van der Waals surface area contributed by atoms with Crippen LogP contribution in [0.3, 0.4) is 0 Å². The second kappa shape index (κ2) is 6.81. The van der Waals surface area contributed by atoms with Crippen molar-refractivity contribution < 1.29 is 4.79 Å². The minimum absolute atomic E-state index is 0.0641. The molecule has 3 rings (SSSR count). The van der Waals surface area contributed by atoms with E-state index in [1.54, 1.807) is 0 Å². The van der Waals surface area contributed by atoms with Crippen LogP contribution in [0.25, 0.3) is 0 Å². The van der Waals surface area contributed by atoms with E-state index >= 15 is 0 Å². The minimum Gasteiger partial charge on any atom is -0.324 e. The maximum Gasteiger partial charge on any atom is 0.323 e. The van der Waals surface area contributed by atoms with Crippen LogP contribution in [-0.2, 0) is 6.54 Å². The van der Waals surface area contributed by atoms with Gasteiger partial charge in [0.05, 0.1) is 6.20 Å². The van der Waals surface area contributed by atoms with Crippen LogP contribution in [0.5, 0.6) is 0 Å². The molecular formula is C17H23N5O. The lowest BCUT2D eigenvalue weighted by Crippen LogP contribution is -2.40. The van der Waals surface area contributed by atoms with E-state index in [4.69, 9.17) is 0 Å². The van der Waals surface area contributed by atoms with Crippen LogP contribution >= 0.6 is 0 Å². The molecule has 0 aromatic carbocycles. The number of likely N-dealkylation sites (tertiary alicyclic amines) is 1. The van der Waals surface area contributed by atoms with Crippen molar-refractivity contribution in [1.82, 2.24) is 19.7 Å². The molecule has 1 saturated heterocycles. The molecule has 0 radical (unpaired) electrons. The summed E-state index contributed by atoms with van der Waals surface area (Å²) >= 11 is 0. The van der Waals surface area contributed by atoms with E-state index in [1.807, 2.05) is 40.9 Å². The summed E-state index contributed by atoms with van der Waals surface area (Å²) in [4.78, 5) is 18.5. The van der Waals surface area contributed by atoms with Gasteiger partial charge in [0.15, 0.2) is 0 Å². The minimum atomic E-state index is -0.0641. The van der Waals surface area contributed by atoms with Crippen LogP contribution < -0.4 is 5.32 Å². The van der Waals surface area contributed by atoms with Gasteiger partial charge in [-0.1, -0.05) is 6.07 Å². The van der Waals surface area contributed by atoms with Crippen LogP contribution in [0.15, 0.2) is 30.6 Å². The van der Waals surface area contributed by atoms with Crippen LogP contribution in [0.2, 0.25) is 0 Å². The molecule has 23 heavy (non-hydrogen) atoms. The number of pyridine rings is 1. The highest BCUT2D eigenvalue weighted by Crippen LogP contribution is 2.27. The van der Waals surface area contributed by atoms with Gasteiger partial charge in [0.25, 0.3) is 0 Å². The summed E-state index contributed by atoms with van der Waals surface area (Å²) in [5, 5.41) is 7.22. The second-order valence-corrected chi connectivity index (χ2v) is 5.99. The predicted octanol–water partition coefficient (Wildman–Crippen LogP) is 3.02. The topological polar surface area (TPSA) is 63.1 Å². The molecule has 2 amide bonds. The monoisotopic (exact) mass is 313 g/mol. The molecule has 6 nitrogen and oxygen atoms in total. The van der Waals surface area contributed by atoms with E-state index in [2.05, 4.69) is 28.5 Å². The van der Waals surface area contributed by atoms with Crippen molar-refractivity contribution >= 4 is 11.8 Å². The average Bonchev–Trinajstić information content (AvgIpc) is 3.04. The average molecular weight is 313 g/mol. The fraction of sp³-hybridized carbons (Fsp3) is 0.471. The smallest absolute Gasteiger partial charge is 0.323 e. The Hall–Kier alpha value is -2.37. The number of rotatable bonds is 3. The van der Waals surface area contributed by atoms with Crippen molar-refractivity contribution in [2.45, 2.75) is 39.2 Å². The Kier molecular flexibility index (Phi) is 4.60. The summed E-state index contributed by atoms with van der Waals surface area (Å²) < 4.78 is 1.96. The van der Waals surface area contributed by atoms with Gasteiger partial charge < -0.3 is 4.90 Å². The Morgan fingerprint density at radius 1 is 1.35 bits per heavy atom. The molecule has 6 heteroatoms. The van der Waals surface area contributed by atoms with Gasteiger partial charge in [-0.2, -0.15) is 5.10 Å². The molecule has 1 aliphatic rings. The second-order valence-electron chi connectivity index (χ2n) is 5.99. The molecule has 0 atom stereocenters. The number of piperidine rings is 1. The first-order valence-electron chi connectivity index (χ1n) is 8.17. The van der Waals surface area contributed by atoms with Crippen molar-refractivity contribution in [1.29, 1.82) is 0 Å². The van der Waals surface area contributed by atoms with Crippen molar-refractivity contribution in [2.24, 2.45) is 0 Å². The molecule has 0 saturated carbocycles. The van der Waals surface area contributed by atoms with E-state index in [-0.39, 0.29) is 6.03 Å². The fourth-order valence-corrected chi connectivity index (χ4v) is 2.98. The molecule has 2 aromatic heterocycles. The van der Waals surface area contributed by atoms with Crippen molar-refractivity contribution in [3.63, 3.8) is 0 Å². The number of nitrogens with one attached hydrogen (secondary N) is 1. The number of carbonyl (C=O) groups is 1. The standard InChI is InChI=1S/C17H23N5O/c1-3-22-12-15(11-18-22)14-7-9-21(10-8-14)17(23)20-16-6-4-5-13(2)19-16/h4-6,11-12,14H,3,7-10H2,1-2H3,(H,19,20,23). The third-order valence-electron chi connectivity index (χ3n) is 4.35. The number of anilines is 1. The highest BCUT2D eigenvalue weighted by Gasteiger charge is 2.24. The molecule has 2 aromatic rings. The first kappa shape index (κ1) is 15.5. The predicted molar refractivity (Wildman–Crippen MR) is 89.4 cm³/mol. The van der Waals surface area contributed by atoms with Gasteiger partial charge in [0.1, 0.15) is 5.82 Å². The number of nitrogens with zero attached hydrogens (tertiary/aromatic N) is 4. The highest BCUT2D eigenvalue weighted by atomic mass is 16.2. The molecule has 1 fully saturated rings. The number of amides is 2. The molecule has 0 aliphatic carbocycles. The first-order chi connectivity index (χ1) is 11.2. The van der Waals surface area contributed by atoms with Crippen LogP contribution in [-0.4, -0.2) is 38.8 Å². The van der Waals surface area contributed by atoms with Gasteiger partial charge in [0.2, 0.25) is 0 Å². The van der Waals surface area contributed by atoms with Gasteiger partial charge in [-0.05, 0) is 50.3 Å². The summed E-state index contributed by atoms with van der Waals surface area (Å²) in [6.07, 6.45) is 6.03. The van der Waals surface area contributed by atoms with Gasteiger partial charge in [-0.3, -0.25) is 10.00 Å². The van der Waals surface area contributed by atoms with Crippen molar-refractivity contribution in [3.05, 3.63) is 41.9 Å². The van der Waals surface area contributed by atoms with Crippen LogP contribution in [0.1, 0.15) is 36.9 Å². The van der Waals surface area contributed by atoms with Crippen LogP contribution in [0, 0.1) is 6.92 Å². The number of aromatic nitrogens is 3. The Morgan fingerprint density at radius 2 is 2.13 bits per heavy atom. The molecular weight excluding hydrogens is 290 g/mol. The number of aryl methyl sites for hydroxylation is 2. The van der Waals surface area contributed by atoms with Gasteiger partial charge >= 0.3 is 6.03 Å². The molecule has 3 heterocycles. The maximum absolute atomic E-state index is 12.3. The third-order valence-corrected chi connectivity index (χ3v) is 4.35. The number of urea groups is 1. The van der Waals surface area contributed by atoms with E-state index < -0.39 is 0 Å². The zero-order valence-electron chi connectivity index (χ0n) is 13.7. The largest absolute Gasteiger partial charge is 0.324 e.